The summed E-state index contributed by atoms with van der Waals surface area (Å²) in [5.41, 5.74) is 0.623. The first kappa shape index (κ1) is 24.6. The zero-order valence-corrected chi connectivity index (χ0v) is 21.9. The van der Waals surface area contributed by atoms with Crippen LogP contribution in [0.1, 0.15) is 117 Å². The molecule has 1 saturated heterocycles. The molecule has 1 unspecified atom stereocenters. The van der Waals surface area contributed by atoms with Gasteiger partial charge in [0.25, 0.3) is 0 Å². The van der Waals surface area contributed by atoms with Crippen LogP contribution in [-0.2, 0) is 4.74 Å². The Labute approximate surface area is 203 Å². The average Bonchev–Trinajstić information content (AvgIpc) is 3.16. The van der Waals surface area contributed by atoms with E-state index in [1.807, 2.05) is 0 Å². The van der Waals surface area contributed by atoms with E-state index in [0.29, 0.717) is 16.7 Å². The number of rotatable bonds is 6. The predicted molar refractivity (Wildman–Crippen MR) is 134 cm³/mol. The molecule has 5 rings (SSSR count). The van der Waals surface area contributed by atoms with E-state index in [2.05, 4.69) is 20.8 Å². The largest absolute Gasteiger partial charge is 0.393 e. The first-order valence-corrected chi connectivity index (χ1v) is 14.8. The van der Waals surface area contributed by atoms with Crippen molar-refractivity contribution in [1.29, 1.82) is 0 Å². The van der Waals surface area contributed by atoms with Crippen molar-refractivity contribution < 1.29 is 14.9 Å². The fourth-order valence-electron chi connectivity index (χ4n) is 10.1. The third kappa shape index (κ3) is 4.35. The Morgan fingerprint density at radius 2 is 1.64 bits per heavy atom. The molecule has 0 aromatic heterocycles. The Hall–Kier alpha value is -0.120. The van der Waals surface area contributed by atoms with Crippen molar-refractivity contribution in [1.82, 2.24) is 0 Å². The van der Waals surface area contributed by atoms with Gasteiger partial charge < -0.3 is 14.9 Å². The first-order valence-electron chi connectivity index (χ1n) is 14.8. The van der Waals surface area contributed by atoms with Gasteiger partial charge in [0.15, 0.2) is 0 Å². The van der Waals surface area contributed by atoms with Gasteiger partial charge in [-0.1, -0.05) is 27.2 Å². The van der Waals surface area contributed by atoms with Crippen molar-refractivity contribution in [2.24, 2.45) is 46.3 Å². The molecule has 0 bridgehead atoms. The molecule has 9 atom stereocenters. The van der Waals surface area contributed by atoms with Gasteiger partial charge in [-0.3, -0.25) is 0 Å². The second kappa shape index (κ2) is 9.40. The van der Waals surface area contributed by atoms with Crippen LogP contribution in [0.2, 0.25) is 0 Å². The molecule has 0 radical (unpaired) electrons. The zero-order valence-electron chi connectivity index (χ0n) is 21.9. The summed E-state index contributed by atoms with van der Waals surface area (Å²) in [6, 6.07) is 0. The van der Waals surface area contributed by atoms with E-state index in [9.17, 15) is 10.2 Å². The quantitative estimate of drug-likeness (QED) is 0.461. The van der Waals surface area contributed by atoms with Crippen molar-refractivity contribution in [3.8, 4) is 0 Å². The highest BCUT2D eigenvalue weighted by Crippen LogP contribution is 2.68. The molecule has 0 aromatic rings. The van der Waals surface area contributed by atoms with Crippen LogP contribution in [0.5, 0.6) is 0 Å². The Morgan fingerprint density at radius 1 is 0.879 bits per heavy atom. The normalized spacial score (nSPS) is 49.2. The van der Waals surface area contributed by atoms with E-state index in [0.717, 1.165) is 81.3 Å². The van der Waals surface area contributed by atoms with Crippen LogP contribution in [0.15, 0.2) is 0 Å². The van der Waals surface area contributed by atoms with Gasteiger partial charge in [-0.2, -0.15) is 0 Å². The minimum atomic E-state index is -0.381. The molecule has 190 valence electrons. The summed E-state index contributed by atoms with van der Waals surface area (Å²) in [5, 5.41) is 21.8. The van der Waals surface area contributed by atoms with Crippen molar-refractivity contribution in [3.05, 3.63) is 0 Å². The van der Waals surface area contributed by atoms with Crippen molar-refractivity contribution in [2.45, 2.75) is 129 Å². The number of hydrogen-bond donors (Lipinski definition) is 2. The van der Waals surface area contributed by atoms with Gasteiger partial charge >= 0.3 is 0 Å². The van der Waals surface area contributed by atoms with Gasteiger partial charge in [-0.05, 0) is 136 Å². The molecule has 3 nitrogen and oxygen atoms in total. The van der Waals surface area contributed by atoms with E-state index >= 15 is 0 Å². The van der Waals surface area contributed by atoms with Crippen LogP contribution in [0, 0.1) is 46.3 Å². The van der Waals surface area contributed by atoms with E-state index in [-0.39, 0.29) is 11.7 Å². The maximum Gasteiger partial charge on any atom is 0.0648 e. The molecular weight excluding hydrogens is 408 g/mol. The molecule has 5 fully saturated rings. The second-order valence-electron chi connectivity index (χ2n) is 13.7. The number of fused-ring (bicyclic) bond motifs is 5. The van der Waals surface area contributed by atoms with Crippen LogP contribution < -0.4 is 0 Å². The molecule has 0 amide bonds. The summed E-state index contributed by atoms with van der Waals surface area (Å²) in [7, 11) is 0. The number of ether oxygens (including phenoxy) is 1. The monoisotopic (exact) mass is 460 g/mol. The van der Waals surface area contributed by atoms with Gasteiger partial charge in [0.2, 0.25) is 0 Å². The van der Waals surface area contributed by atoms with E-state index < -0.39 is 0 Å². The summed E-state index contributed by atoms with van der Waals surface area (Å²) in [6.07, 6.45) is 18.3. The van der Waals surface area contributed by atoms with Gasteiger partial charge in [-0.25, -0.2) is 0 Å². The van der Waals surface area contributed by atoms with Gasteiger partial charge in [0, 0.05) is 13.2 Å². The lowest BCUT2D eigenvalue weighted by Gasteiger charge is -2.62. The Balaban J connectivity index is 1.19. The summed E-state index contributed by atoms with van der Waals surface area (Å²) in [4.78, 5) is 0. The lowest BCUT2D eigenvalue weighted by Crippen LogP contribution is -2.55. The molecule has 1 heterocycles. The van der Waals surface area contributed by atoms with Crippen molar-refractivity contribution >= 4 is 0 Å². The average molecular weight is 461 g/mol. The van der Waals surface area contributed by atoms with E-state index in [1.165, 1.54) is 57.8 Å². The molecule has 1 aliphatic heterocycles. The standard InChI is InChI=1S/C30H52O3/c1-4-30(32)17-16-29(3)23(20-30)8-10-24-25-11-9-22(28(25,2)15-12-26(24)29)6-5-7-27(31)21-13-18-33-19-14-21/h21-27,31-32H,4-20H2,1-3H3/t22-,23+,24-,25-,26-,27?,28+,29-,30-/m0/s1. The number of hydrogen-bond acceptors (Lipinski definition) is 3. The SMILES string of the molecule is CC[C@]1(O)CC[C@@]2(C)[C@H](CC[C@@H]3[C@@H]2CC[C@]2(C)[C@@H](CCCC(O)C4CCOCC4)CC[C@@H]32)C1. The highest BCUT2D eigenvalue weighted by molar-refractivity contribution is 5.10. The topological polar surface area (TPSA) is 49.7 Å². The van der Waals surface area contributed by atoms with Gasteiger partial charge in [-0.15, -0.1) is 0 Å². The smallest absolute Gasteiger partial charge is 0.0648 e. The van der Waals surface area contributed by atoms with Crippen LogP contribution in [-0.4, -0.2) is 35.1 Å². The maximum atomic E-state index is 11.0. The maximum absolute atomic E-state index is 11.0. The van der Waals surface area contributed by atoms with Crippen molar-refractivity contribution in [2.75, 3.05) is 13.2 Å². The zero-order chi connectivity index (χ0) is 23.3. The Morgan fingerprint density at radius 3 is 2.39 bits per heavy atom. The van der Waals surface area contributed by atoms with Crippen molar-refractivity contribution in [3.63, 3.8) is 0 Å². The minimum absolute atomic E-state index is 0.113. The van der Waals surface area contributed by atoms with Crippen LogP contribution >= 0.6 is 0 Å². The number of aliphatic hydroxyl groups is 2. The third-order valence-electron chi connectivity index (χ3n) is 12.5. The molecule has 5 aliphatic rings. The Bertz CT molecular complexity index is 673. The lowest BCUT2D eigenvalue weighted by molar-refractivity contribution is -0.151. The van der Waals surface area contributed by atoms with Crippen LogP contribution in [0.3, 0.4) is 0 Å². The summed E-state index contributed by atoms with van der Waals surface area (Å²) in [6.45, 7) is 9.14. The lowest BCUT2D eigenvalue weighted by atomic mass is 9.43. The molecule has 0 spiro atoms. The summed E-state index contributed by atoms with van der Waals surface area (Å²) < 4.78 is 5.48. The second-order valence-corrected chi connectivity index (χ2v) is 13.7. The fraction of sp³-hybridized carbons (Fsp3) is 1.00. The summed E-state index contributed by atoms with van der Waals surface area (Å²) in [5.74, 6) is 4.82. The summed E-state index contributed by atoms with van der Waals surface area (Å²) >= 11 is 0. The molecular formula is C30H52O3. The molecule has 33 heavy (non-hydrogen) atoms. The van der Waals surface area contributed by atoms with Crippen LogP contribution in [0.25, 0.3) is 0 Å². The molecule has 3 heteroatoms. The predicted octanol–water partition coefficient (Wildman–Crippen LogP) is 6.74. The van der Waals surface area contributed by atoms with E-state index in [1.54, 1.807) is 0 Å². The molecule has 4 aliphatic carbocycles. The fourth-order valence-corrected chi connectivity index (χ4v) is 10.1. The molecule has 0 aromatic carbocycles. The highest BCUT2D eigenvalue weighted by atomic mass is 16.5. The third-order valence-corrected chi connectivity index (χ3v) is 12.5. The van der Waals surface area contributed by atoms with Gasteiger partial charge in [0.05, 0.1) is 11.7 Å². The van der Waals surface area contributed by atoms with Gasteiger partial charge in [0.1, 0.15) is 0 Å². The minimum Gasteiger partial charge on any atom is -0.393 e. The van der Waals surface area contributed by atoms with E-state index in [4.69, 9.17) is 4.74 Å². The number of aliphatic hydroxyl groups excluding tert-OH is 1. The first-order chi connectivity index (χ1) is 15.8. The Kier molecular flexibility index (Phi) is 7.00. The highest BCUT2D eigenvalue weighted by Gasteiger charge is 2.60. The molecule has 2 N–H and O–H groups in total. The van der Waals surface area contributed by atoms with Crippen LogP contribution in [0.4, 0.5) is 0 Å². The molecule has 4 saturated carbocycles.